The Balaban J connectivity index is 2.29. The molecule has 0 amide bonds. The maximum absolute atomic E-state index is 11.2. The lowest BCUT2D eigenvalue weighted by atomic mass is 10.1. The van der Waals surface area contributed by atoms with E-state index in [4.69, 9.17) is 4.74 Å². The van der Waals surface area contributed by atoms with E-state index in [0.717, 1.165) is 5.56 Å². The molecule has 1 aromatic carbocycles. The SMILES string of the molecule is COc1ccc(C(=O)O)c(NC(C)c2ccsc2)c1. The van der Waals surface area contributed by atoms with Crippen LogP contribution in [0.25, 0.3) is 0 Å². The number of carboxylic acids is 1. The topological polar surface area (TPSA) is 58.6 Å². The molecule has 0 bridgehead atoms. The van der Waals surface area contributed by atoms with Crippen LogP contribution in [0.1, 0.15) is 28.9 Å². The summed E-state index contributed by atoms with van der Waals surface area (Å²) in [5, 5.41) is 16.4. The van der Waals surface area contributed by atoms with Gasteiger partial charge in [-0.2, -0.15) is 11.3 Å². The van der Waals surface area contributed by atoms with E-state index in [1.807, 2.05) is 23.8 Å². The summed E-state index contributed by atoms with van der Waals surface area (Å²) < 4.78 is 5.13. The van der Waals surface area contributed by atoms with Crippen molar-refractivity contribution in [2.45, 2.75) is 13.0 Å². The molecule has 2 N–H and O–H groups in total. The Hall–Kier alpha value is -2.01. The van der Waals surface area contributed by atoms with Crippen LogP contribution >= 0.6 is 11.3 Å². The van der Waals surface area contributed by atoms with Gasteiger partial charge in [-0.05, 0) is 41.4 Å². The molecule has 19 heavy (non-hydrogen) atoms. The van der Waals surface area contributed by atoms with Crippen LogP contribution in [0.15, 0.2) is 35.0 Å². The third kappa shape index (κ3) is 3.06. The lowest BCUT2D eigenvalue weighted by Crippen LogP contribution is -2.10. The lowest BCUT2D eigenvalue weighted by molar-refractivity contribution is 0.0698. The van der Waals surface area contributed by atoms with Crippen molar-refractivity contribution in [2.24, 2.45) is 0 Å². The molecule has 4 nitrogen and oxygen atoms in total. The molecule has 100 valence electrons. The van der Waals surface area contributed by atoms with Crippen molar-refractivity contribution in [1.82, 2.24) is 0 Å². The zero-order chi connectivity index (χ0) is 13.8. The molecule has 1 heterocycles. The largest absolute Gasteiger partial charge is 0.497 e. The van der Waals surface area contributed by atoms with E-state index >= 15 is 0 Å². The van der Waals surface area contributed by atoms with Crippen molar-refractivity contribution < 1.29 is 14.6 Å². The molecule has 0 saturated carbocycles. The van der Waals surface area contributed by atoms with Gasteiger partial charge in [0.2, 0.25) is 0 Å². The van der Waals surface area contributed by atoms with E-state index in [0.29, 0.717) is 11.4 Å². The quantitative estimate of drug-likeness (QED) is 0.876. The highest BCUT2D eigenvalue weighted by molar-refractivity contribution is 7.07. The molecule has 2 rings (SSSR count). The fraction of sp³-hybridized carbons (Fsp3) is 0.214. The van der Waals surface area contributed by atoms with Crippen molar-refractivity contribution in [3.63, 3.8) is 0 Å². The highest BCUT2D eigenvalue weighted by Gasteiger charge is 2.14. The van der Waals surface area contributed by atoms with E-state index in [1.54, 1.807) is 36.6 Å². The minimum atomic E-state index is -0.956. The molecule has 0 aliphatic carbocycles. The van der Waals surface area contributed by atoms with Crippen molar-refractivity contribution in [1.29, 1.82) is 0 Å². The van der Waals surface area contributed by atoms with Crippen molar-refractivity contribution in [2.75, 3.05) is 12.4 Å². The van der Waals surface area contributed by atoms with Gasteiger partial charge in [0.05, 0.1) is 18.4 Å². The van der Waals surface area contributed by atoms with Crippen LogP contribution < -0.4 is 10.1 Å². The number of benzene rings is 1. The predicted octanol–water partition coefficient (Wildman–Crippen LogP) is 3.63. The number of aromatic carboxylic acids is 1. The number of methoxy groups -OCH3 is 1. The number of nitrogens with one attached hydrogen (secondary N) is 1. The fourth-order valence-corrected chi connectivity index (χ4v) is 2.55. The number of ether oxygens (including phenoxy) is 1. The molecule has 0 aliphatic rings. The third-order valence-corrected chi connectivity index (χ3v) is 3.57. The third-order valence-electron chi connectivity index (χ3n) is 2.87. The molecule has 0 saturated heterocycles. The second-order valence-corrected chi connectivity index (χ2v) is 4.92. The molecule has 1 unspecified atom stereocenters. The molecule has 1 aromatic heterocycles. The van der Waals surface area contributed by atoms with Crippen LogP contribution in [0.5, 0.6) is 5.75 Å². The molecule has 0 radical (unpaired) electrons. The summed E-state index contributed by atoms with van der Waals surface area (Å²) in [6.45, 7) is 1.99. The van der Waals surface area contributed by atoms with Gasteiger partial charge in [-0.25, -0.2) is 4.79 Å². The average Bonchev–Trinajstić information content (AvgIpc) is 2.92. The van der Waals surface area contributed by atoms with Gasteiger partial charge in [0.15, 0.2) is 0 Å². The summed E-state index contributed by atoms with van der Waals surface area (Å²) in [5.74, 6) is -0.326. The number of thiophene rings is 1. The summed E-state index contributed by atoms with van der Waals surface area (Å²) in [6.07, 6.45) is 0. The first-order valence-corrected chi connectivity index (χ1v) is 6.76. The predicted molar refractivity (Wildman–Crippen MR) is 76.3 cm³/mol. The molecule has 0 fully saturated rings. The average molecular weight is 277 g/mol. The van der Waals surface area contributed by atoms with Gasteiger partial charge in [-0.3, -0.25) is 0 Å². The summed E-state index contributed by atoms with van der Waals surface area (Å²) in [5.41, 5.74) is 1.93. The Morgan fingerprint density at radius 1 is 1.42 bits per heavy atom. The second-order valence-electron chi connectivity index (χ2n) is 4.14. The lowest BCUT2D eigenvalue weighted by Gasteiger charge is -2.16. The van der Waals surface area contributed by atoms with Crippen molar-refractivity contribution >= 4 is 23.0 Å². The Kier molecular flexibility index (Phi) is 4.06. The molecular formula is C14H15NO3S. The van der Waals surface area contributed by atoms with Crippen LogP contribution in [-0.4, -0.2) is 18.2 Å². The van der Waals surface area contributed by atoms with Crippen LogP contribution in [0, 0.1) is 0 Å². The minimum absolute atomic E-state index is 0.0384. The summed E-state index contributed by atoms with van der Waals surface area (Å²) >= 11 is 1.62. The van der Waals surface area contributed by atoms with Gasteiger partial charge in [-0.1, -0.05) is 0 Å². The Labute approximate surface area is 115 Å². The van der Waals surface area contributed by atoms with Gasteiger partial charge >= 0.3 is 5.97 Å². The number of carboxylic acid groups (broad SMARTS) is 1. The normalized spacial score (nSPS) is 11.9. The molecular weight excluding hydrogens is 262 g/mol. The first-order valence-electron chi connectivity index (χ1n) is 5.81. The summed E-state index contributed by atoms with van der Waals surface area (Å²) in [6, 6.07) is 6.94. The standard InChI is InChI=1S/C14H15NO3S/c1-9(10-5-6-19-8-10)15-13-7-11(18-2)3-4-12(13)14(16)17/h3-9,15H,1-2H3,(H,16,17). The summed E-state index contributed by atoms with van der Waals surface area (Å²) in [4.78, 5) is 11.2. The number of carbonyl (C=O) groups is 1. The zero-order valence-corrected chi connectivity index (χ0v) is 11.5. The Bertz CT molecular complexity index is 566. The first kappa shape index (κ1) is 13.4. The molecule has 0 spiro atoms. The minimum Gasteiger partial charge on any atom is -0.497 e. The van der Waals surface area contributed by atoms with Gasteiger partial charge in [-0.15, -0.1) is 0 Å². The Morgan fingerprint density at radius 2 is 2.21 bits per heavy atom. The Morgan fingerprint density at radius 3 is 2.79 bits per heavy atom. The fourth-order valence-electron chi connectivity index (χ4n) is 1.79. The van der Waals surface area contributed by atoms with Gasteiger partial charge in [0, 0.05) is 12.1 Å². The number of hydrogen-bond acceptors (Lipinski definition) is 4. The van der Waals surface area contributed by atoms with E-state index in [9.17, 15) is 9.90 Å². The van der Waals surface area contributed by atoms with Crippen molar-refractivity contribution in [3.05, 3.63) is 46.2 Å². The monoisotopic (exact) mass is 277 g/mol. The molecule has 1 atom stereocenters. The smallest absolute Gasteiger partial charge is 0.337 e. The number of anilines is 1. The molecule has 5 heteroatoms. The highest BCUT2D eigenvalue weighted by atomic mass is 32.1. The second kappa shape index (κ2) is 5.75. The van der Waals surface area contributed by atoms with Crippen LogP contribution in [-0.2, 0) is 0 Å². The number of hydrogen-bond donors (Lipinski definition) is 2. The van der Waals surface area contributed by atoms with Gasteiger partial charge < -0.3 is 15.2 Å². The first-order chi connectivity index (χ1) is 9.11. The maximum atomic E-state index is 11.2. The van der Waals surface area contributed by atoms with Crippen LogP contribution in [0.2, 0.25) is 0 Å². The zero-order valence-electron chi connectivity index (χ0n) is 10.7. The molecule has 0 aliphatic heterocycles. The van der Waals surface area contributed by atoms with Gasteiger partial charge in [0.25, 0.3) is 0 Å². The van der Waals surface area contributed by atoms with E-state index in [2.05, 4.69) is 5.32 Å². The molecule has 2 aromatic rings. The summed E-state index contributed by atoms with van der Waals surface area (Å²) in [7, 11) is 1.56. The van der Waals surface area contributed by atoms with Crippen LogP contribution in [0.3, 0.4) is 0 Å². The van der Waals surface area contributed by atoms with E-state index in [-0.39, 0.29) is 11.6 Å². The number of rotatable bonds is 5. The van der Waals surface area contributed by atoms with E-state index in [1.165, 1.54) is 0 Å². The highest BCUT2D eigenvalue weighted by Crippen LogP contribution is 2.27. The van der Waals surface area contributed by atoms with Gasteiger partial charge in [0.1, 0.15) is 5.75 Å². The van der Waals surface area contributed by atoms with Crippen LogP contribution in [0.4, 0.5) is 5.69 Å². The van der Waals surface area contributed by atoms with Crippen molar-refractivity contribution in [3.8, 4) is 5.75 Å². The van der Waals surface area contributed by atoms with E-state index < -0.39 is 5.97 Å². The maximum Gasteiger partial charge on any atom is 0.337 e.